The molecule has 3 nitrogen and oxygen atoms in total. The minimum Gasteiger partial charge on any atom is -0.469 e. The van der Waals surface area contributed by atoms with Crippen LogP contribution in [0.1, 0.15) is 61.1 Å². The highest BCUT2D eigenvalue weighted by Crippen LogP contribution is 2.55. The maximum atomic E-state index is 12.2. The highest BCUT2D eigenvalue weighted by atomic mass is 16.3. The summed E-state index contributed by atoms with van der Waals surface area (Å²) < 4.78 is 5.22. The van der Waals surface area contributed by atoms with Crippen LogP contribution in [0.25, 0.3) is 0 Å². The van der Waals surface area contributed by atoms with E-state index in [9.17, 15) is 4.79 Å². The lowest BCUT2D eigenvalue weighted by molar-refractivity contribution is -0.0193. The number of Topliss-reactive ketones (excluding diaryl/α,β-unsaturated/α-hetero) is 1. The molecule has 0 spiro atoms. The van der Waals surface area contributed by atoms with Gasteiger partial charge in [-0.2, -0.15) is 0 Å². The van der Waals surface area contributed by atoms with Gasteiger partial charge in [0.25, 0.3) is 0 Å². The normalized spacial score (nSPS) is 37.1. The van der Waals surface area contributed by atoms with Crippen molar-refractivity contribution >= 4 is 5.78 Å². The number of carbonyl (C=O) groups excluding carboxylic acids is 1. The first kappa shape index (κ1) is 13.6. The Labute approximate surface area is 126 Å². The van der Waals surface area contributed by atoms with Crippen LogP contribution in [0, 0.1) is 24.7 Å². The molecular formula is C18H25NO2. The Morgan fingerprint density at radius 1 is 1.24 bits per heavy atom. The highest BCUT2D eigenvalue weighted by molar-refractivity contribution is 5.96. The number of rotatable bonds is 5. The van der Waals surface area contributed by atoms with E-state index in [0.717, 1.165) is 35.6 Å². The van der Waals surface area contributed by atoms with Crippen LogP contribution < -0.4 is 5.32 Å². The SMILES string of the molecule is Cc1occc1C(=O)CCNC12CC3CC(CC(C3)C1)C2. The molecule has 4 fully saturated rings. The second kappa shape index (κ2) is 4.98. The molecule has 4 aliphatic carbocycles. The van der Waals surface area contributed by atoms with Gasteiger partial charge in [-0.15, -0.1) is 0 Å². The first-order chi connectivity index (χ1) is 10.1. The number of aryl methyl sites for hydroxylation is 1. The minimum absolute atomic E-state index is 0.207. The molecule has 0 unspecified atom stereocenters. The maximum absolute atomic E-state index is 12.2. The summed E-state index contributed by atoms with van der Waals surface area (Å²) in [7, 11) is 0. The third kappa shape index (κ3) is 2.46. The molecule has 4 bridgehead atoms. The lowest BCUT2D eigenvalue weighted by Crippen LogP contribution is -2.58. The number of ketones is 1. The quantitative estimate of drug-likeness (QED) is 0.839. The van der Waals surface area contributed by atoms with Crippen molar-refractivity contribution in [1.82, 2.24) is 5.32 Å². The zero-order valence-corrected chi connectivity index (χ0v) is 12.9. The fraction of sp³-hybridized carbons (Fsp3) is 0.722. The predicted molar refractivity (Wildman–Crippen MR) is 81.3 cm³/mol. The van der Waals surface area contributed by atoms with E-state index in [-0.39, 0.29) is 5.78 Å². The summed E-state index contributed by atoms with van der Waals surface area (Å²) in [5.74, 6) is 3.81. The minimum atomic E-state index is 0.207. The van der Waals surface area contributed by atoms with Crippen molar-refractivity contribution in [2.75, 3.05) is 6.54 Å². The topological polar surface area (TPSA) is 42.2 Å². The molecule has 5 rings (SSSR count). The lowest BCUT2D eigenvalue weighted by Gasteiger charge is -2.57. The first-order valence-corrected chi connectivity index (χ1v) is 8.46. The molecule has 1 aromatic heterocycles. The van der Waals surface area contributed by atoms with Gasteiger partial charge in [0, 0.05) is 18.5 Å². The van der Waals surface area contributed by atoms with Gasteiger partial charge >= 0.3 is 0 Å². The van der Waals surface area contributed by atoms with Gasteiger partial charge < -0.3 is 9.73 Å². The van der Waals surface area contributed by atoms with Crippen molar-refractivity contribution in [2.24, 2.45) is 17.8 Å². The summed E-state index contributed by atoms with van der Waals surface area (Å²) in [6.07, 6.45) is 10.6. The van der Waals surface area contributed by atoms with Gasteiger partial charge in [0.05, 0.1) is 11.8 Å². The van der Waals surface area contributed by atoms with Crippen LogP contribution in [0.3, 0.4) is 0 Å². The van der Waals surface area contributed by atoms with Crippen LogP contribution in [0.15, 0.2) is 16.7 Å². The molecular weight excluding hydrogens is 262 g/mol. The van der Waals surface area contributed by atoms with Crippen molar-refractivity contribution in [2.45, 2.75) is 57.4 Å². The standard InChI is InChI=1S/C18H25NO2/c1-12-16(3-5-21-12)17(20)2-4-19-18-9-13-6-14(10-18)8-15(7-13)11-18/h3,5,13-15,19H,2,4,6-11H2,1H3. The predicted octanol–water partition coefficient (Wildman–Crippen LogP) is 3.72. The second-order valence-corrected chi connectivity index (χ2v) is 7.69. The van der Waals surface area contributed by atoms with E-state index < -0.39 is 0 Å². The Hall–Kier alpha value is -1.09. The molecule has 1 N–H and O–H groups in total. The van der Waals surface area contributed by atoms with Crippen LogP contribution in [-0.2, 0) is 0 Å². The van der Waals surface area contributed by atoms with E-state index in [0.29, 0.717) is 12.0 Å². The van der Waals surface area contributed by atoms with Gasteiger partial charge in [0.1, 0.15) is 5.76 Å². The zero-order valence-electron chi connectivity index (χ0n) is 12.9. The summed E-state index contributed by atoms with van der Waals surface area (Å²) in [4.78, 5) is 12.2. The fourth-order valence-electron chi connectivity index (χ4n) is 5.58. The van der Waals surface area contributed by atoms with Crippen LogP contribution in [0.2, 0.25) is 0 Å². The largest absolute Gasteiger partial charge is 0.469 e. The zero-order chi connectivity index (χ0) is 14.4. The van der Waals surface area contributed by atoms with Crippen LogP contribution in [-0.4, -0.2) is 17.9 Å². The molecule has 21 heavy (non-hydrogen) atoms. The van der Waals surface area contributed by atoms with Gasteiger partial charge in [0.15, 0.2) is 5.78 Å². The van der Waals surface area contributed by atoms with Gasteiger partial charge in [0.2, 0.25) is 0 Å². The number of nitrogens with one attached hydrogen (secondary N) is 1. The van der Waals surface area contributed by atoms with Crippen molar-refractivity contribution in [3.63, 3.8) is 0 Å². The van der Waals surface area contributed by atoms with Gasteiger partial charge in [-0.25, -0.2) is 0 Å². The van der Waals surface area contributed by atoms with E-state index in [1.807, 2.05) is 6.92 Å². The van der Waals surface area contributed by atoms with E-state index in [4.69, 9.17) is 4.42 Å². The van der Waals surface area contributed by atoms with E-state index >= 15 is 0 Å². The van der Waals surface area contributed by atoms with Gasteiger partial charge in [-0.3, -0.25) is 4.79 Å². The molecule has 0 radical (unpaired) electrons. The molecule has 1 aromatic rings. The van der Waals surface area contributed by atoms with E-state index in [1.54, 1.807) is 12.3 Å². The Morgan fingerprint density at radius 2 is 1.86 bits per heavy atom. The fourth-order valence-corrected chi connectivity index (χ4v) is 5.58. The number of hydrogen-bond donors (Lipinski definition) is 1. The number of furan rings is 1. The summed E-state index contributed by atoms with van der Waals surface area (Å²) in [5.41, 5.74) is 1.11. The number of carbonyl (C=O) groups is 1. The Bertz CT molecular complexity index is 510. The van der Waals surface area contributed by atoms with Crippen LogP contribution >= 0.6 is 0 Å². The summed E-state index contributed by atoms with van der Waals surface area (Å²) in [5, 5.41) is 3.79. The highest BCUT2D eigenvalue weighted by Gasteiger charge is 2.50. The molecule has 0 aromatic carbocycles. The van der Waals surface area contributed by atoms with Gasteiger partial charge in [-0.05, 0) is 69.3 Å². The monoisotopic (exact) mass is 287 g/mol. The molecule has 0 amide bonds. The molecule has 3 heteroatoms. The lowest BCUT2D eigenvalue weighted by atomic mass is 9.53. The number of hydrogen-bond acceptors (Lipinski definition) is 3. The third-order valence-corrected chi connectivity index (χ3v) is 6.05. The first-order valence-electron chi connectivity index (χ1n) is 8.46. The molecule has 0 atom stereocenters. The van der Waals surface area contributed by atoms with Crippen molar-refractivity contribution in [1.29, 1.82) is 0 Å². The van der Waals surface area contributed by atoms with E-state index in [1.165, 1.54) is 38.5 Å². The Balaban J connectivity index is 1.35. The van der Waals surface area contributed by atoms with Crippen LogP contribution in [0.4, 0.5) is 0 Å². The molecule has 0 saturated heterocycles. The van der Waals surface area contributed by atoms with Crippen molar-refractivity contribution in [3.05, 3.63) is 23.7 Å². The summed E-state index contributed by atoms with van der Waals surface area (Å²) in [6.45, 7) is 2.68. The maximum Gasteiger partial charge on any atom is 0.167 e. The van der Waals surface area contributed by atoms with E-state index in [2.05, 4.69) is 5.32 Å². The second-order valence-electron chi connectivity index (χ2n) is 7.69. The summed E-state index contributed by atoms with van der Waals surface area (Å²) in [6, 6.07) is 1.79. The summed E-state index contributed by atoms with van der Waals surface area (Å²) >= 11 is 0. The molecule has 4 aliphatic rings. The molecule has 4 saturated carbocycles. The van der Waals surface area contributed by atoms with Gasteiger partial charge in [-0.1, -0.05) is 0 Å². The molecule has 1 heterocycles. The third-order valence-electron chi connectivity index (χ3n) is 6.05. The molecule has 114 valence electrons. The molecule has 0 aliphatic heterocycles. The average Bonchev–Trinajstić information content (AvgIpc) is 2.83. The smallest absolute Gasteiger partial charge is 0.167 e. The van der Waals surface area contributed by atoms with Crippen molar-refractivity contribution < 1.29 is 9.21 Å². The average molecular weight is 287 g/mol. The van der Waals surface area contributed by atoms with Crippen LogP contribution in [0.5, 0.6) is 0 Å². The Morgan fingerprint density at radius 3 is 2.38 bits per heavy atom. The van der Waals surface area contributed by atoms with Crippen molar-refractivity contribution in [3.8, 4) is 0 Å². The Kier molecular flexibility index (Phi) is 3.21.